The van der Waals surface area contributed by atoms with Gasteiger partial charge < -0.3 is 4.57 Å². The molecule has 0 unspecified atom stereocenters. The zero-order valence-corrected chi connectivity index (χ0v) is 17.8. The molecule has 1 fully saturated rings. The Balaban J connectivity index is 1.77. The number of benzene rings is 2. The zero-order chi connectivity index (χ0) is 21.4. The fraction of sp³-hybridized carbons (Fsp3) is 0.125. The highest BCUT2D eigenvalue weighted by Crippen LogP contribution is 2.27. The molecule has 5 nitrogen and oxygen atoms in total. The third-order valence-corrected chi connectivity index (χ3v) is 5.38. The fourth-order valence-corrected chi connectivity index (χ4v) is 3.71. The van der Waals surface area contributed by atoms with Crippen molar-refractivity contribution in [3.05, 3.63) is 88.8 Å². The Bertz CT molecular complexity index is 1210. The molecule has 0 bridgehead atoms. The molecule has 2 amide bonds. The van der Waals surface area contributed by atoms with Gasteiger partial charge >= 0.3 is 0 Å². The van der Waals surface area contributed by atoms with Crippen molar-refractivity contribution in [2.45, 2.75) is 20.8 Å². The molecule has 4 rings (SSSR count). The minimum Gasteiger partial charge on any atom is -0.317 e. The number of thiocarbonyl (C=S) groups is 1. The molecule has 0 radical (unpaired) electrons. The molecule has 1 N–H and O–H groups in total. The van der Waals surface area contributed by atoms with Gasteiger partial charge in [-0.05, 0) is 80.5 Å². The number of nitrogens with zero attached hydrogens (tertiary/aromatic N) is 2. The molecule has 30 heavy (non-hydrogen) atoms. The van der Waals surface area contributed by atoms with Crippen LogP contribution in [0.1, 0.15) is 22.4 Å². The van der Waals surface area contributed by atoms with Crippen molar-refractivity contribution in [3.63, 3.8) is 0 Å². The average molecular weight is 416 g/mol. The summed E-state index contributed by atoms with van der Waals surface area (Å²) in [5, 5.41) is 2.74. The van der Waals surface area contributed by atoms with Crippen LogP contribution in [-0.4, -0.2) is 21.5 Å². The van der Waals surface area contributed by atoms with Crippen molar-refractivity contribution in [3.8, 4) is 5.69 Å². The summed E-state index contributed by atoms with van der Waals surface area (Å²) < 4.78 is 1.93. The van der Waals surface area contributed by atoms with Gasteiger partial charge in [-0.3, -0.25) is 19.8 Å². The lowest BCUT2D eigenvalue weighted by Gasteiger charge is -2.30. The summed E-state index contributed by atoms with van der Waals surface area (Å²) >= 11 is 5.32. The smallest absolute Gasteiger partial charge is 0.270 e. The van der Waals surface area contributed by atoms with Gasteiger partial charge in [0, 0.05) is 17.6 Å². The molecule has 1 aliphatic heterocycles. The van der Waals surface area contributed by atoms with E-state index in [1.807, 2.05) is 86.1 Å². The Kier molecular flexibility index (Phi) is 5.10. The maximum atomic E-state index is 13.3. The van der Waals surface area contributed by atoms with Crippen LogP contribution in [-0.2, 0) is 9.59 Å². The first-order valence-electron chi connectivity index (χ1n) is 9.58. The fourth-order valence-electron chi connectivity index (χ4n) is 3.44. The summed E-state index contributed by atoms with van der Waals surface area (Å²) in [6.45, 7) is 5.88. The highest BCUT2D eigenvalue weighted by Gasteiger charge is 2.35. The number of nitrogens with one attached hydrogen (secondary N) is 1. The largest absolute Gasteiger partial charge is 0.317 e. The lowest BCUT2D eigenvalue weighted by Crippen LogP contribution is -2.54. The molecule has 0 aliphatic carbocycles. The van der Waals surface area contributed by atoms with Crippen molar-refractivity contribution in [1.82, 2.24) is 9.88 Å². The third kappa shape index (κ3) is 3.57. The van der Waals surface area contributed by atoms with E-state index in [1.54, 1.807) is 6.08 Å². The molecule has 0 spiro atoms. The summed E-state index contributed by atoms with van der Waals surface area (Å²) in [4.78, 5) is 27.4. The Hall–Kier alpha value is -3.51. The first-order chi connectivity index (χ1) is 14.3. The Morgan fingerprint density at radius 3 is 2.37 bits per heavy atom. The number of amides is 2. The molecule has 0 saturated carbocycles. The first kappa shape index (κ1) is 19.8. The molecule has 0 atom stereocenters. The monoisotopic (exact) mass is 415 g/mol. The van der Waals surface area contributed by atoms with Crippen LogP contribution in [0.3, 0.4) is 0 Å². The number of carbonyl (C=O) groups excluding carboxylic acids is 2. The van der Waals surface area contributed by atoms with E-state index in [1.165, 1.54) is 4.90 Å². The quantitative estimate of drug-likeness (QED) is 0.396. The van der Waals surface area contributed by atoms with E-state index in [2.05, 4.69) is 5.32 Å². The Labute approximate surface area is 180 Å². The van der Waals surface area contributed by atoms with Crippen LogP contribution in [0.2, 0.25) is 0 Å². The standard InChI is InChI=1S/C24H21N3O2S/c1-15-7-10-18(11-8-15)26-12-4-5-19(26)14-20-22(28)25-24(30)27(23(20)29)21-13-16(2)6-9-17(21)3/h4-14H,1-3H3,(H,25,28,30)/b20-14+. The van der Waals surface area contributed by atoms with Gasteiger partial charge in [0.05, 0.1) is 5.69 Å². The molecule has 1 aromatic heterocycles. The highest BCUT2D eigenvalue weighted by atomic mass is 32.1. The Morgan fingerprint density at radius 1 is 0.933 bits per heavy atom. The van der Waals surface area contributed by atoms with Crippen LogP contribution in [0, 0.1) is 20.8 Å². The zero-order valence-electron chi connectivity index (χ0n) is 17.0. The summed E-state index contributed by atoms with van der Waals surface area (Å²) in [5.41, 5.74) is 5.44. The predicted molar refractivity (Wildman–Crippen MR) is 123 cm³/mol. The minimum absolute atomic E-state index is 0.0385. The third-order valence-electron chi connectivity index (χ3n) is 5.09. The topological polar surface area (TPSA) is 54.3 Å². The number of aromatic nitrogens is 1. The second-order valence-electron chi connectivity index (χ2n) is 7.39. The van der Waals surface area contributed by atoms with E-state index >= 15 is 0 Å². The maximum Gasteiger partial charge on any atom is 0.270 e. The number of hydrogen-bond donors (Lipinski definition) is 1. The number of carbonyl (C=O) groups is 2. The van der Waals surface area contributed by atoms with Crippen molar-refractivity contribution < 1.29 is 9.59 Å². The van der Waals surface area contributed by atoms with Crippen LogP contribution >= 0.6 is 12.2 Å². The second-order valence-corrected chi connectivity index (χ2v) is 7.77. The van der Waals surface area contributed by atoms with Gasteiger partial charge in [-0.15, -0.1) is 0 Å². The number of rotatable bonds is 3. The molecule has 150 valence electrons. The molecule has 1 aliphatic rings. The molecule has 6 heteroatoms. The molecule has 3 aromatic rings. The number of anilines is 1. The maximum absolute atomic E-state index is 13.3. The normalized spacial score (nSPS) is 15.6. The van der Waals surface area contributed by atoms with Crippen LogP contribution in [0.5, 0.6) is 0 Å². The molecule has 1 saturated heterocycles. The number of aryl methyl sites for hydroxylation is 3. The van der Waals surface area contributed by atoms with Gasteiger partial charge in [0.25, 0.3) is 11.8 Å². The average Bonchev–Trinajstić information content (AvgIpc) is 3.16. The molecule has 2 aromatic carbocycles. The van der Waals surface area contributed by atoms with Gasteiger partial charge in [0.15, 0.2) is 5.11 Å². The Morgan fingerprint density at radius 2 is 1.63 bits per heavy atom. The van der Waals surface area contributed by atoms with Gasteiger partial charge in [-0.1, -0.05) is 29.8 Å². The summed E-state index contributed by atoms with van der Waals surface area (Å²) in [7, 11) is 0. The van der Waals surface area contributed by atoms with Crippen LogP contribution < -0.4 is 10.2 Å². The van der Waals surface area contributed by atoms with E-state index in [-0.39, 0.29) is 10.7 Å². The van der Waals surface area contributed by atoms with Crippen LogP contribution in [0.25, 0.3) is 11.8 Å². The lowest BCUT2D eigenvalue weighted by molar-refractivity contribution is -0.122. The van der Waals surface area contributed by atoms with Gasteiger partial charge in [-0.25, -0.2) is 0 Å². The van der Waals surface area contributed by atoms with Crippen molar-refractivity contribution >= 4 is 40.9 Å². The minimum atomic E-state index is -0.497. The predicted octanol–water partition coefficient (Wildman–Crippen LogP) is 4.23. The SMILES string of the molecule is Cc1ccc(-n2cccc2/C=C2\C(=O)NC(=S)N(c3cc(C)ccc3C)C2=O)cc1. The van der Waals surface area contributed by atoms with Gasteiger partial charge in [0.2, 0.25) is 0 Å². The van der Waals surface area contributed by atoms with E-state index < -0.39 is 11.8 Å². The first-order valence-corrected chi connectivity index (χ1v) is 9.99. The van der Waals surface area contributed by atoms with Crippen molar-refractivity contribution in [1.29, 1.82) is 0 Å². The van der Waals surface area contributed by atoms with E-state index in [4.69, 9.17) is 12.2 Å². The highest BCUT2D eigenvalue weighted by molar-refractivity contribution is 7.80. The summed E-state index contributed by atoms with van der Waals surface area (Å²) in [6, 6.07) is 17.6. The molecular formula is C24H21N3O2S. The van der Waals surface area contributed by atoms with Crippen LogP contribution in [0.4, 0.5) is 5.69 Å². The molecule has 2 heterocycles. The summed E-state index contributed by atoms with van der Waals surface area (Å²) in [6.07, 6.45) is 3.51. The van der Waals surface area contributed by atoms with Gasteiger partial charge in [0.1, 0.15) is 5.57 Å². The van der Waals surface area contributed by atoms with E-state index in [0.717, 1.165) is 28.1 Å². The molecular weight excluding hydrogens is 394 g/mol. The van der Waals surface area contributed by atoms with E-state index in [0.29, 0.717) is 5.69 Å². The van der Waals surface area contributed by atoms with E-state index in [9.17, 15) is 9.59 Å². The van der Waals surface area contributed by atoms with Crippen LogP contribution in [0.15, 0.2) is 66.4 Å². The van der Waals surface area contributed by atoms with Crippen molar-refractivity contribution in [2.24, 2.45) is 0 Å². The van der Waals surface area contributed by atoms with Crippen molar-refractivity contribution in [2.75, 3.05) is 4.90 Å². The van der Waals surface area contributed by atoms with Gasteiger partial charge in [-0.2, -0.15) is 0 Å². The summed E-state index contributed by atoms with van der Waals surface area (Å²) in [5.74, 6) is -0.933. The lowest BCUT2D eigenvalue weighted by atomic mass is 10.1. The second kappa shape index (κ2) is 7.72. The number of hydrogen-bond acceptors (Lipinski definition) is 3.